The van der Waals surface area contributed by atoms with Crippen LogP contribution in [0, 0.1) is 0 Å². The molecule has 9 heteroatoms. The Hall–Kier alpha value is -9.21. The van der Waals surface area contributed by atoms with Crippen molar-refractivity contribution in [3.05, 3.63) is 218 Å². The molecule has 1 atom stereocenters. The van der Waals surface area contributed by atoms with E-state index in [2.05, 4.69) is 113 Å². The molecule has 0 amide bonds. The topological polar surface area (TPSA) is 108 Å². The van der Waals surface area contributed by atoms with E-state index < -0.39 is 0 Å². The third-order valence-corrected chi connectivity index (χ3v) is 12.7. The largest absolute Gasteiger partial charge is 0.456 e. The lowest BCUT2D eigenvalue weighted by Gasteiger charge is -2.14. The maximum Gasteiger partial charge on any atom is 0.238 e. The molecule has 0 saturated heterocycles. The second-order valence-corrected chi connectivity index (χ2v) is 16.9. The molecule has 68 heavy (non-hydrogen) atoms. The molecule has 0 N–H and O–H groups in total. The van der Waals surface area contributed by atoms with Crippen molar-refractivity contribution in [1.82, 2.24) is 39.5 Å². The first-order valence-electron chi connectivity index (χ1n) is 22.7. The van der Waals surface area contributed by atoms with Gasteiger partial charge in [0.1, 0.15) is 17.0 Å². The van der Waals surface area contributed by atoms with Crippen LogP contribution in [0.2, 0.25) is 0 Å². The molecule has 9 nitrogen and oxygen atoms in total. The summed E-state index contributed by atoms with van der Waals surface area (Å²) in [6, 6.07) is 60.1. The molecule has 0 spiro atoms. The summed E-state index contributed by atoms with van der Waals surface area (Å²) >= 11 is 0. The standard InChI is InChI=1S/C59H38N8O/c1-5-15-37(16-6-1)54-61-55(38-17-7-2-8-18-38)63-58(62-54)44-24-13-23-43(33-44)45-25-14-26-52-53(45)48-35-42(28-30-51(48)68-52)41-27-29-49-47(34-41)46-31-32-60-36-50(46)67(49)59-65-56(39-19-9-3-10-20-39)64-57(66-59)40-21-11-4-12-22-40/h1-17,19-36,38H,18H2. The van der Waals surface area contributed by atoms with Gasteiger partial charge in [0, 0.05) is 55.9 Å². The minimum atomic E-state index is 0.0701. The lowest BCUT2D eigenvalue weighted by atomic mass is 9.96. The molecule has 0 bridgehead atoms. The lowest BCUT2D eigenvalue weighted by Crippen LogP contribution is -2.07. The fraction of sp³-hybridized carbons (Fsp3) is 0.0339. The molecule has 0 fully saturated rings. The molecule has 1 aliphatic rings. The van der Waals surface area contributed by atoms with Crippen LogP contribution in [0.25, 0.3) is 117 Å². The number of aromatic nitrogens is 8. The Balaban J connectivity index is 0.921. The Bertz CT molecular complexity index is 3900. The first-order valence-corrected chi connectivity index (χ1v) is 22.7. The molecule has 320 valence electrons. The van der Waals surface area contributed by atoms with Gasteiger partial charge in [-0.3, -0.25) is 9.55 Å². The zero-order valence-electron chi connectivity index (χ0n) is 36.5. The minimum absolute atomic E-state index is 0.0701. The molecule has 12 aromatic rings. The average molecular weight is 875 g/mol. The number of hydrogen-bond donors (Lipinski definition) is 0. The highest BCUT2D eigenvalue weighted by molar-refractivity contribution is 6.14. The Kier molecular flexibility index (Phi) is 9.42. The van der Waals surface area contributed by atoms with E-state index in [0.29, 0.717) is 29.2 Å². The highest BCUT2D eigenvalue weighted by atomic mass is 16.3. The fourth-order valence-corrected chi connectivity index (χ4v) is 9.41. The monoisotopic (exact) mass is 874 g/mol. The molecule has 0 saturated carbocycles. The van der Waals surface area contributed by atoms with Crippen LogP contribution in [0.5, 0.6) is 0 Å². The quantitative estimate of drug-likeness (QED) is 0.148. The van der Waals surface area contributed by atoms with Crippen molar-refractivity contribution in [3.8, 4) is 73.8 Å². The van der Waals surface area contributed by atoms with Crippen LogP contribution in [0.4, 0.5) is 0 Å². The number of pyridine rings is 1. The van der Waals surface area contributed by atoms with Crippen LogP contribution in [0.1, 0.15) is 18.2 Å². The predicted molar refractivity (Wildman–Crippen MR) is 271 cm³/mol. The second kappa shape index (κ2) is 16.3. The van der Waals surface area contributed by atoms with Gasteiger partial charge in [0.15, 0.2) is 23.3 Å². The van der Waals surface area contributed by atoms with Gasteiger partial charge in [-0.2, -0.15) is 9.97 Å². The number of allylic oxidation sites excluding steroid dienone is 4. The van der Waals surface area contributed by atoms with Crippen molar-refractivity contribution in [2.45, 2.75) is 12.3 Å². The molecule has 5 aromatic heterocycles. The van der Waals surface area contributed by atoms with Gasteiger partial charge in [0.25, 0.3) is 0 Å². The summed E-state index contributed by atoms with van der Waals surface area (Å²) in [5.41, 5.74) is 11.4. The summed E-state index contributed by atoms with van der Waals surface area (Å²) in [6.45, 7) is 0. The van der Waals surface area contributed by atoms with Gasteiger partial charge in [0.05, 0.1) is 17.2 Å². The Morgan fingerprint density at radius 3 is 1.75 bits per heavy atom. The van der Waals surface area contributed by atoms with E-state index in [-0.39, 0.29) is 5.92 Å². The fourth-order valence-electron chi connectivity index (χ4n) is 9.41. The third-order valence-electron chi connectivity index (χ3n) is 12.7. The van der Waals surface area contributed by atoms with Gasteiger partial charge >= 0.3 is 0 Å². The van der Waals surface area contributed by atoms with E-state index in [0.717, 1.165) is 100 Å². The zero-order valence-corrected chi connectivity index (χ0v) is 36.5. The summed E-state index contributed by atoms with van der Waals surface area (Å²) in [5, 5.41) is 4.18. The van der Waals surface area contributed by atoms with Gasteiger partial charge in [-0.15, -0.1) is 0 Å². The van der Waals surface area contributed by atoms with Gasteiger partial charge < -0.3 is 4.42 Å². The van der Waals surface area contributed by atoms with Gasteiger partial charge in [-0.25, -0.2) is 19.9 Å². The second-order valence-electron chi connectivity index (χ2n) is 16.9. The van der Waals surface area contributed by atoms with Crippen LogP contribution in [-0.2, 0) is 0 Å². The normalized spacial score (nSPS) is 13.6. The number of fused-ring (bicyclic) bond motifs is 6. The van der Waals surface area contributed by atoms with E-state index >= 15 is 0 Å². The van der Waals surface area contributed by atoms with Gasteiger partial charge in [0.2, 0.25) is 5.95 Å². The average Bonchev–Trinajstić information content (AvgIpc) is 3.97. The molecular formula is C59H38N8O. The number of benzene rings is 7. The first kappa shape index (κ1) is 39.2. The van der Waals surface area contributed by atoms with E-state index in [1.807, 2.05) is 109 Å². The van der Waals surface area contributed by atoms with Crippen molar-refractivity contribution in [2.24, 2.45) is 0 Å². The minimum Gasteiger partial charge on any atom is -0.456 e. The highest BCUT2D eigenvalue weighted by Crippen LogP contribution is 2.41. The highest BCUT2D eigenvalue weighted by Gasteiger charge is 2.21. The summed E-state index contributed by atoms with van der Waals surface area (Å²) in [5.74, 6) is 3.84. The maximum absolute atomic E-state index is 6.56. The van der Waals surface area contributed by atoms with Crippen LogP contribution >= 0.6 is 0 Å². The smallest absolute Gasteiger partial charge is 0.238 e. The van der Waals surface area contributed by atoms with Crippen LogP contribution in [-0.4, -0.2) is 39.5 Å². The molecule has 13 rings (SSSR count). The van der Waals surface area contributed by atoms with Crippen molar-refractivity contribution in [3.63, 3.8) is 0 Å². The molecule has 1 aliphatic carbocycles. The molecule has 5 heterocycles. The van der Waals surface area contributed by atoms with E-state index in [4.69, 9.17) is 34.3 Å². The Labute approximate surface area is 390 Å². The van der Waals surface area contributed by atoms with Crippen molar-refractivity contribution < 1.29 is 4.42 Å². The maximum atomic E-state index is 6.56. The van der Waals surface area contributed by atoms with E-state index in [1.165, 1.54) is 0 Å². The number of nitrogens with zero attached hydrogens (tertiary/aromatic N) is 8. The van der Waals surface area contributed by atoms with E-state index in [1.54, 1.807) is 0 Å². The molecule has 0 radical (unpaired) electrons. The number of hydrogen-bond acceptors (Lipinski definition) is 8. The van der Waals surface area contributed by atoms with Gasteiger partial charge in [-0.05, 0) is 71.1 Å². The van der Waals surface area contributed by atoms with Crippen molar-refractivity contribution >= 4 is 43.7 Å². The summed E-state index contributed by atoms with van der Waals surface area (Å²) in [4.78, 5) is 34.8. The zero-order chi connectivity index (χ0) is 45.0. The summed E-state index contributed by atoms with van der Waals surface area (Å²) in [6.07, 6.45) is 13.0. The SMILES string of the molecule is C1=CCC(c2nc(-c3ccccc3)nc(-c3cccc(-c4cccc5oc6ccc(-c7ccc8c(c7)c7ccncc7n8-c7nc(-c8ccccc8)nc(-c8ccccc8)n7)cc6c45)c3)n2)C=C1. The molecule has 1 unspecified atom stereocenters. The third kappa shape index (κ3) is 6.92. The molecule has 7 aromatic carbocycles. The Morgan fingerprint density at radius 2 is 1.06 bits per heavy atom. The van der Waals surface area contributed by atoms with Crippen molar-refractivity contribution in [1.29, 1.82) is 0 Å². The lowest BCUT2D eigenvalue weighted by molar-refractivity contribution is 0.669. The van der Waals surface area contributed by atoms with Crippen molar-refractivity contribution in [2.75, 3.05) is 0 Å². The number of rotatable bonds is 8. The van der Waals surface area contributed by atoms with E-state index in [9.17, 15) is 0 Å². The first-order chi connectivity index (χ1) is 33.7. The molecular weight excluding hydrogens is 837 g/mol. The van der Waals surface area contributed by atoms with Crippen LogP contribution in [0.3, 0.4) is 0 Å². The van der Waals surface area contributed by atoms with Crippen LogP contribution in [0.15, 0.2) is 217 Å². The number of furan rings is 1. The summed E-state index contributed by atoms with van der Waals surface area (Å²) < 4.78 is 8.65. The Morgan fingerprint density at radius 1 is 0.441 bits per heavy atom. The molecule has 0 aliphatic heterocycles. The predicted octanol–water partition coefficient (Wildman–Crippen LogP) is 14.0. The summed E-state index contributed by atoms with van der Waals surface area (Å²) in [7, 11) is 0. The van der Waals surface area contributed by atoms with Crippen LogP contribution < -0.4 is 0 Å². The van der Waals surface area contributed by atoms with Gasteiger partial charge in [-0.1, -0.05) is 158 Å².